The van der Waals surface area contributed by atoms with Gasteiger partial charge in [0.1, 0.15) is 0 Å². The van der Waals surface area contributed by atoms with Crippen LogP contribution >= 0.6 is 15.9 Å². The normalized spacial score (nSPS) is 10.7. The maximum atomic E-state index is 5.78. The highest BCUT2D eigenvalue weighted by atomic mass is 79.9. The molecule has 1 heterocycles. The number of fused-ring (bicyclic) bond motifs is 1. The number of nitrogens with zero attached hydrogens (tertiary/aromatic N) is 1. The largest absolute Gasteiger partial charge is 0.477 e. The van der Waals surface area contributed by atoms with E-state index in [0.29, 0.717) is 0 Å². The van der Waals surface area contributed by atoms with Gasteiger partial charge in [0, 0.05) is 16.9 Å². The molecule has 0 amide bonds. The fraction of sp³-hybridized carbons (Fsp3) is 0.400. The zero-order valence-electron chi connectivity index (χ0n) is 10.4. The molecule has 0 aliphatic rings. The number of ether oxygens (including phenoxy) is 1. The maximum Gasteiger partial charge on any atom is 0.221 e. The number of aromatic nitrogens is 1. The van der Waals surface area contributed by atoms with Gasteiger partial charge in [-0.25, -0.2) is 4.98 Å². The number of rotatable bonds is 7. The molecule has 18 heavy (non-hydrogen) atoms. The molecule has 2 nitrogen and oxygen atoms in total. The Morgan fingerprint density at radius 3 is 2.72 bits per heavy atom. The van der Waals surface area contributed by atoms with Crippen LogP contribution in [0.4, 0.5) is 0 Å². The smallest absolute Gasteiger partial charge is 0.221 e. The van der Waals surface area contributed by atoms with Crippen LogP contribution in [0, 0.1) is 0 Å². The standard InChI is InChI=1S/C15H18BrNO/c16-10-5-1-2-6-12-18-15-14-8-4-3-7-13(14)9-11-17-15/h3-4,7-9,11H,1-2,5-6,10,12H2. The Labute approximate surface area is 117 Å². The van der Waals surface area contributed by atoms with Crippen molar-refractivity contribution >= 4 is 26.7 Å². The number of hydrogen-bond acceptors (Lipinski definition) is 2. The number of alkyl halides is 1. The summed E-state index contributed by atoms with van der Waals surface area (Å²) in [6.07, 6.45) is 6.63. The van der Waals surface area contributed by atoms with Crippen molar-refractivity contribution < 1.29 is 4.74 Å². The second-order valence-electron chi connectivity index (χ2n) is 4.29. The molecule has 96 valence electrons. The average Bonchev–Trinajstić information content (AvgIpc) is 2.43. The Morgan fingerprint density at radius 2 is 1.83 bits per heavy atom. The van der Waals surface area contributed by atoms with Gasteiger partial charge in [-0.1, -0.05) is 47.0 Å². The molecule has 0 spiro atoms. The molecule has 0 unspecified atom stereocenters. The van der Waals surface area contributed by atoms with E-state index in [0.717, 1.165) is 29.6 Å². The van der Waals surface area contributed by atoms with Crippen molar-refractivity contribution in [1.29, 1.82) is 0 Å². The van der Waals surface area contributed by atoms with Crippen LogP contribution in [0.5, 0.6) is 5.88 Å². The number of hydrogen-bond donors (Lipinski definition) is 0. The van der Waals surface area contributed by atoms with Crippen LogP contribution in [0.1, 0.15) is 25.7 Å². The van der Waals surface area contributed by atoms with E-state index < -0.39 is 0 Å². The summed E-state index contributed by atoms with van der Waals surface area (Å²) in [5, 5.41) is 3.38. The van der Waals surface area contributed by atoms with E-state index in [9.17, 15) is 0 Å². The van der Waals surface area contributed by atoms with Crippen LogP contribution in [0.3, 0.4) is 0 Å². The van der Waals surface area contributed by atoms with Crippen molar-refractivity contribution in [3.8, 4) is 5.88 Å². The third kappa shape index (κ3) is 3.70. The quantitative estimate of drug-likeness (QED) is 0.552. The minimum absolute atomic E-state index is 0.753. The summed E-state index contributed by atoms with van der Waals surface area (Å²) >= 11 is 3.44. The van der Waals surface area contributed by atoms with Gasteiger partial charge in [0.05, 0.1) is 6.61 Å². The first-order chi connectivity index (χ1) is 8.92. The molecule has 1 aromatic carbocycles. The zero-order valence-corrected chi connectivity index (χ0v) is 12.0. The Morgan fingerprint density at radius 1 is 1.00 bits per heavy atom. The van der Waals surface area contributed by atoms with E-state index in [2.05, 4.69) is 33.0 Å². The van der Waals surface area contributed by atoms with Crippen LogP contribution in [-0.2, 0) is 0 Å². The Kier molecular flexibility index (Phi) is 5.46. The molecule has 0 aliphatic carbocycles. The fourth-order valence-corrected chi connectivity index (χ4v) is 2.32. The third-order valence-electron chi connectivity index (χ3n) is 2.90. The van der Waals surface area contributed by atoms with Gasteiger partial charge < -0.3 is 4.74 Å². The molecular weight excluding hydrogens is 290 g/mol. The lowest BCUT2D eigenvalue weighted by atomic mass is 10.2. The van der Waals surface area contributed by atoms with Crippen molar-refractivity contribution in [2.75, 3.05) is 11.9 Å². The van der Waals surface area contributed by atoms with Gasteiger partial charge in [0.15, 0.2) is 0 Å². The molecule has 3 heteroatoms. The number of halogens is 1. The van der Waals surface area contributed by atoms with Crippen LogP contribution in [0.2, 0.25) is 0 Å². The molecule has 0 aliphatic heterocycles. The third-order valence-corrected chi connectivity index (χ3v) is 3.46. The first-order valence-corrected chi connectivity index (χ1v) is 7.56. The lowest BCUT2D eigenvalue weighted by molar-refractivity contribution is 0.298. The highest BCUT2D eigenvalue weighted by Crippen LogP contribution is 2.22. The van der Waals surface area contributed by atoms with Crippen LogP contribution in [0.15, 0.2) is 36.5 Å². The van der Waals surface area contributed by atoms with Crippen molar-refractivity contribution in [2.24, 2.45) is 0 Å². The second-order valence-corrected chi connectivity index (χ2v) is 5.08. The van der Waals surface area contributed by atoms with Crippen molar-refractivity contribution in [2.45, 2.75) is 25.7 Å². The minimum Gasteiger partial charge on any atom is -0.477 e. The summed E-state index contributed by atoms with van der Waals surface area (Å²) in [5.74, 6) is 0.758. The molecule has 0 atom stereocenters. The Bertz CT molecular complexity index is 481. The van der Waals surface area contributed by atoms with Gasteiger partial charge in [-0.05, 0) is 30.4 Å². The van der Waals surface area contributed by atoms with Crippen molar-refractivity contribution in [1.82, 2.24) is 4.98 Å². The highest BCUT2D eigenvalue weighted by molar-refractivity contribution is 9.09. The molecule has 0 saturated heterocycles. The van der Waals surface area contributed by atoms with E-state index in [1.165, 1.54) is 24.6 Å². The lowest BCUT2D eigenvalue weighted by Crippen LogP contribution is -1.99. The van der Waals surface area contributed by atoms with Crippen LogP contribution in [0.25, 0.3) is 10.8 Å². The predicted octanol–water partition coefficient (Wildman–Crippen LogP) is 4.57. The maximum absolute atomic E-state index is 5.78. The zero-order chi connectivity index (χ0) is 12.6. The Hall–Kier alpha value is -1.09. The van der Waals surface area contributed by atoms with E-state index in [1.807, 2.05) is 24.4 Å². The van der Waals surface area contributed by atoms with Crippen LogP contribution in [-0.4, -0.2) is 16.9 Å². The lowest BCUT2D eigenvalue weighted by Gasteiger charge is -2.07. The van der Waals surface area contributed by atoms with E-state index in [4.69, 9.17) is 4.74 Å². The Balaban J connectivity index is 1.88. The molecule has 0 fully saturated rings. The highest BCUT2D eigenvalue weighted by Gasteiger charge is 2.02. The summed E-state index contributed by atoms with van der Waals surface area (Å²) in [5.41, 5.74) is 0. The molecule has 0 saturated carbocycles. The monoisotopic (exact) mass is 307 g/mol. The topological polar surface area (TPSA) is 22.1 Å². The van der Waals surface area contributed by atoms with Gasteiger partial charge >= 0.3 is 0 Å². The minimum atomic E-state index is 0.753. The summed E-state index contributed by atoms with van der Waals surface area (Å²) in [6, 6.07) is 10.2. The van der Waals surface area contributed by atoms with Crippen molar-refractivity contribution in [3.63, 3.8) is 0 Å². The van der Waals surface area contributed by atoms with Crippen molar-refractivity contribution in [3.05, 3.63) is 36.5 Å². The summed E-state index contributed by atoms with van der Waals surface area (Å²) in [6.45, 7) is 0.753. The number of pyridine rings is 1. The van der Waals surface area contributed by atoms with E-state index in [-0.39, 0.29) is 0 Å². The first kappa shape index (κ1) is 13.3. The molecule has 1 aromatic heterocycles. The molecule has 2 rings (SSSR count). The fourth-order valence-electron chi connectivity index (χ4n) is 1.93. The van der Waals surface area contributed by atoms with Gasteiger partial charge in [-0.2, -0.15) is 0 Å². The van der Waals surface area contributed by atoms with Gasteiger partial charge in [-0.15, -0.1) is 0 Å². The summed E-state index contributed by atoms with van der Waals surface area (Å²) in [7, 11) is 0. The van der Waals surface area contributed by atoms with Gasteiger partial charge in [0.25, 0.3) is 0 Å². The van der Waals surface area contributed by atoms with Crippen LogP contribution < -0.4 is 4.74 Å². The predicted molar refractivity (Wildman–Crippen MR) is 79.5 cm³/mol. The molecular formula is C15H18BrNO. The van der Waals surface area contributed by atoms with E-state index in [1.54, 1.807) is 0 Å². The summed E-state index contributed by atoms with van der Waals surface area (Å²) in [4.78, 5) is 4.31. The number of benzene rings is 1. The van der Waals surface area contributed by atoms with E-state index >= 15 is 0 Å². The SMILES string of the molecule is BrCCCCCCOc1nccc2ccccc12. The number of unbranched alkanes of at least 4 members (excludes halogenated alkanes) is 3. The average molecular weight is 308 g/mol. The van der Waals surface area contributed by atoms with Gasteiger partial charge in [-0.3, -0.25) is 0 Å². The molecule has 0 N–H and O–H groups in total. The second kappa shape index (κ2) is 7.37. The molecule has 0 bridgehead atoms. The first-order valence-electron chi connectivity index (χ1n) is 6.44. The molecule has 2 aromatic rings. The molecule has 0 radical (unpaired) electrons. The summed E-state index contributed by atoms with van der Waals surface area (Å²) < 4.78 is 5.78. The van der Waals surface area contributed by atoms with Gasteiger partial charge in [0.2, 0.25) is 5.88 Å².